The monoisotopic (exact) mass is 385 g/mol. The van der Waals surface area contributed by atoms with Crippen molar-refractivity contribution in [2.75, 3.05) is 5.32 Å². The number of pyridine rings is 1. The van der Waals surface area contributed by atoms with E-state index in [1.807, 2.05) is 18.2 Å². The van der Waals surface area contributed by atoms with Crippen LogP contribution in [0.1, 0.15) is 5.69 Å². The third kappa shape index (κ3) is 4.03. The number of fused-ring (bicyclic) bond motifs is 1. The predicted molar refractivity (Wildman–Crippen MR) is 96.7 cm³/mol. The average molecular weight is 385 g/mol. The third-order valence-corrected chi connectivity index (χ3v) is 3.90. The quantitative estimate of drug-likeness (QED) is 0.555. The van der Waals surface area contributed by atoms with E-state index >= 15 is 0 Å². The SMILES string of the molecule is FC(F)(F)Oc1cccc(-c2cnc3ccc(NCc4ccccn4)nn23)c1. The molecule has 0 aliphatic heterocycles. The Bertz CT molecular complexity index is 1100. The molecule has 4 rings (SSSR count). The summed E-state index contributed by atoms with van der Waals surface area (Å²) in [6, 6.07) is 14.9. The number of rotatable bonds is 5. The summed E-state index contributed by atoms with van der Waals surface area (Å²) in [5.41, 5.74) is 2.47. The lowest BCUT2D eigenvalue weighted by Gasteiger charge is -2.10. The zero-order chi connectivity index (χ0) is 19.6. The van der Waals surface area contributed by atoms with Gasteiger partial charge in [0, 0.05) is 11.8 Å². The van der Waals surface area contributed by atoms with Crippen molar-refractivity contribution < 1.29 is 17.9 Å². The van der Waals surface area contributed by atoms with E-state index in [9.17, 15) is 13.2 Å². The van der Waals surface area contributed by atoms with E-state index < -0.39 is 6.36 Å². The standard InChI is InChI=1S/C19H14F3N5O/c20-19(21,22)28-15-6-3-4-13(10-15)16-12-25-18-8-7-17(26-27(16)18)24-11-14-5-1-2-9-23-14/h1-10,12H,11H2,(H,24,26). The van der Waals surface area contributed by atoms with Crippen molar-refractivity contribution in [2.24, 2.45) is 0 Å². The molecule has 0 unspecified atom stereocenters. The number of aromatic nitrogens is 4. The van der Waals surface area contributed by atoms with Gasteiger partial charge in [-0.05, 0) is 36.4 Å². The van der Waals surface area contributed by atoms with Gasteiger partial charge in [-0.15, -0.1) is 18.3 Å². The number of alkyl halides is 3. The number of halogens is 3. The van der Waals surface area contributed by atoms with Crippen molar-refractivity contribution in [2.45, 2.75) is 12.9 Å². The van der Waals surface area contributed by atoms with Crippen molar-refractivity contribution >= 4 is 11.5 Å². The van der Waals surface area contributed by atoms with Crippen LogP contribution in [0.2, 0.25) is 0 Å². The van der Waals surface area contributed by atoms with Gasteiger partial charge in [-0.2, -0.15) is 0 Å². The van der Waals surface area contributed by atoms with Gasteiger partial charge in [0.2, 0.25) is 0 Å². The van der Waals surface area contributed by atoms with Crippen molar-refractivity contribution in [1.29, 1.82) is 0 Å². The zero-order valence-corrected chi connectivity index (χ0v) is 14.4. The van der Waals surface area contributed by atoms with Crippen LogP contribution in [0, 0.1) is 0 Å². The summed E-state index contributed by atoms with van der Waals surface area (Å²) >= 11 is 0. The summed E-state index contributed by atoms with van der Waals surface area (Å²) < 4.78 is 43.0. The molecule has 0 spiro atoms. The lowest BCUT2D eigenvalue weighted by atomic mass is 10.1. The van der Waals surface area contributed by atoms with Crippen LogP contribution in [0.25, 0.3) is 16.9 Å². The third-order valence-electron chi connectivity index (χ3n) is 3.90. The smallest absolute Gasteiger partial charge is 0.406 e. The molecule has 1 N–H and O–H groups in total. The number of imidazole rings is 1. The number of hydrogen-bond acceptors (Lipinski definition) is 5. The Kier molecular flexibility index (Phi) is 4.56. The maximum atomic E-state index is 12.5. The molecule has 6 nitrogen and oxygen atoms in total. The van der Waals surface area contributed by atoms with E-state index in [1.54, 1.807) is 35.1 Å². The van der Waals surface area contributed by atoms with Gasteiger partial charge in [0.25, 0.3) is 0 Å². The predicted octanol–water partition coefficient (Wildman–Crippen LogP) is 4.30. The first-order chi connectivity index (χ1) is 13.5. The maximum Gasteiger partial charge on any atom is 0.573 e. The van der Waals surface area contributed by atoms with E-state index in [-0.39, 0.29) is 5.75 Å². The van der Waals surface area contributed by atoms with Crippen LogP contribution < -0.4 is 10.1 Å². The average Bonchev–Trinajstić information content (AvgIpc) is 3.09. The van der Waals surface area contributed by atoms with Crippen LogP contribution in [0.4, 0.5) is 19.0 Å². The van der Waals surface area contributed by atoms with Gasteiger partial charge >= 0.3 is 6.36 Å². The highest BCUT2D eigenvalue weighted by Crippen LogP contribution is 2.28. The fraction of sp³-hybridized carbons (Fsp3) is 0.105. The van der Waals surface area contributed by atoms with Crippen LogP contribution in [0.15, 0.2) is 67.0 Å². The van der Waals surface area contributed by atoms with E-state index in [1.165, 1.54) is 18.2 Å². The topological polar surface area (TPSA) is 64.3 Å². The Morgan fingerprint density at radius 3 is 2.68 bits per heavy atom. The molecule has 4 aromatic rings. The maximum absolute atomic E-state index is 12.5. The number of ether oxygens (including phenoxy) is 1. The molecule has 0 radical (unpaired) electrons. The van der Waals surface area contributed by atoms with Gasteiger partial charge in [0.1, 0.15) is 11.6 Å². The van der Waals surface area contributed by atoms with Crippen LogP contribution in [-0.4, -0.2) is 25.9 Å². The zero-order valence-electron chi connectivity index (χ0n) is 14.4. The molecule has 1 aromatic carbocycles. The fourth-order valence-electron chi connectivity index (χ4n) is 2.70. The summed E-state index contributed by atoms with van der Waals surface area (Å²) in [5, 5.41) is 7.65. The van der Waals surface area contributed by atoms with Crippen molar-refractivity contribution in [3.8, 4) is 17.0 Å². The molecule has 28 heavy (non-hydrogen) atoms. The lowest BCUT2D eigenvalue weighted by molar-refractivity contribution is -0.274. The van der Waals surface area contributed by atoms with Crippen LogP contribution in [0.5, 0.6) is 5.75 Å². The number of nitrogens with one attached hydrogen (secondary N) is 1. The second kappa shape index (κ2) is 7.18. The summed E-state index contributed by atoms with van der Waals surface area (Å²) in [5.74, 6) is 0.282. The largest absolute Gasteiger partial charge is 0.573 e. The Balaban J connectivity index is 1.62. The minimum Gasteiger partial charge on any atom is -0.406 e. The van der Waals surface area contributed by atoms with Gasteiger partial charge in [-0.1, -0.05) is 18.2 Å². The second-order valence-electron chi connectivity index (χ2n) is 5.88. The molecule has 0 atom stereocenters. The van der Waals surface area contributed by atoms with Crippen molar-refractivity contribution in [3.05, 3.63) is 72.7 Å². The highest BCUT2D eigenvalue weighted by atomic mass is 19.4. The van der Waals surface area contributed by atoms with Gasteiger partial charge in [-0.3, -0.25) is 4.98 Å². The van der Waals surface area contributed by atoms with E-state index in [2.05, 4.69) is 25.1 Å². The molecule has 3 heterocycles. The normalized spacial score (nSPS) is 11.5. The molecule has 9 heteroatoms. The summed E-state index contributed by atoms with van der Waals surface area (Å²) in [4.78, 5) is 8.49. The molecular formula is C19H14F3N5O. The van der Waals surface area contributed by atoms with Crippen LogP contribution in [0.3, 0.4) is 0 Å². The first kappa shape index (κ1) is 17.8. The number of anilines is 1. The number of nitrogens with zero attached hydrogens (tertiary/aromatic N) is 4. The molecule has 142 valence electrons. The van der Waals surface area contributed by atoms with Crippen LogP contribution in [-0.2, 0) is 6.54 Å². The van der Waals surface area contributed by atoms with Crippen molar-refractivity contribution in [1.82, 2.24) is 19.6 Å². The number of benzene rings is 1. The molecule has 0 bridgehead atoms. The van der Waals surface area contributed by atoms with E-state index in [0.29, 0.717) is 29.3 Å². The minimum absolute atomic E-state index is 0.301. The molecule has 0 aliphatic rings. The molecule has 0 saturated heterocycles. The summed E-state index contributed by atoms with van der Waals surface area (Å²) in [7, 11) is 0. The first-order valence-corrected chi connectivity index (χ1v) is 8.33. The van der Waals surface area contributed by atoms with E-state index in [4.69, 9.17) is 0 Å². The van der Waals surface area contributed by atoms with Gasteiger partial charge in [0.15, 0.2) is 5.65 Å². The summed E-state index contributed by atoms with van der Waals surface area (Å²) in [6.07, 6.45) is -1.49. The lowest BCUT2D eigenvalue weighted by Crippen LogP contribution is -2.17. The Labute approximate surface area is 157 Å². The number of hydrogen-bond donors (Lipinski definition) is 1. The Hall–Kier alpha value is -3.62. The first-order valence-electron chi connectivity index (χ1n) is 8.33. The highest BCUT2D eigenvalue weighted by Gasteiger charge is 2.31. The highest BCUT2D eigenvalue weighted by molar-refractivity contribution is 5.65. The minimum atomic E-state index is -4.75. The van der Waals surface area contributed by atoms with E-state index in [0.717, 1.165) is 5.69 Å². The molecule has 0 amide bonds. The van der Waals surface area contributed by atoms with Gasteiger partial charge in [0.05, 0.1) is 24.1 Å². The van der Waals surface area contributed by atoms with Crippen molar-refractivity contribution in [3.63, 3.8) is 0 Å². The van der Waals surface area contributed by atoms with Crippen LogP contribution >= 0.6 is 0 Å². The van der Waals surface area contributed by atoms with Gasteiger partial charge in [-0.25, -0.2) is 9.50 Å². The molecule has 0 aliphatic carbocycles. The Morgan fingerprint density at radius 2 is 1.89 bits per heavy atom. The Morgan fingerprint density at radius 1 is 1.00 bits per heavy atom. The van der Waals surface area contributed by atoms with Gasteiger partial charge < -0.3 is 10.1 Å². The fourth-order valence-corrected chi connectivity index (χ4v) is 2.70. The summed E-state index contributed by atoms with van der Waals surface area (Å²) in [6.45, 7) is 0.484. The second-order valence-corrected chi connectivity index (χ2v) is 5.88. The molecular weight excluding hydrogens is 371 g/mol. The molecule has 3 aromatic heterocycles. The molecule has 0 fully saturated rings. The molecule has 0 saturated carbocycles.